The Morgan fingerprint density at radius 3 is 1.94 bits per heavy atom. The lowest BCUT2D eigenvalue weighted by Crippen LogP contribution is -2.54. The van der Waals surface area contributed by atoms with E-state index in [1.54, 1.807) is 73.7 Å². The minimum atomic E-state index is -5.25. The standard InChI is InChI=1S/C107H116N10O19S5/c1-8-85(104(121)110-55-54-108-98(118)35-17-12-24-56-117-90-47-45-78-83(64-76(137(7,123)124)66-94(78)140(130,131)132)101(90)107(5,6)97(117)34-16-11-15-33-96-106(3,4)100-84-65-77(139(127,128)129)67-95(141(133,134)135)79(84)44-46-89(100)114(96)9-2)111-105(122)86(61-69-25-13-10-14-26-69)112-103(120)72-38-36-68(37-39-72)48-53-109-102(119)73-49-57-113(58-50-73)138(125,126)93-32-23-20-29-82(93)99-80-42-40-74(115-59-51-70-27-18-21-30-87(70)115)62-91(80)136-92-63-75(41-43-81(92)99)116-60-52-71-28-19-22-31-88(71)116/h11,15-16,18-23,27-34,36-47,62-67,69,73,85-86H,8-10,12-14,17,24-26,35,48-61H2,1-7H3,(H6-2,108,109,110,111,112,118,119,120,121,122,127,128,129,130,131,132,133,134,135)/p-1/t85-,86-/m0/s1. The zero-order valence-electron chi connectivity index (χ0n) is 79.7. The molecule has 738 valence electrons. The molecule has 34 heteroatoms. The summed E-state index contributed by atoms with van der Waals surface area (Å²) in [4.78, 5) is 71.4. The van der Waals surface area contributed by atoms with E-state index in [0.29, 0.717) is 120 Å². The maximum Gasteiger partial charge on any atom is 0.251 e. The van der Waals surface area contributed by atoms with E-state index in [4.69, 9.17) is 4.42 Å². The van der Waals surface area contributed by atoms with Crippen molar-refractivity contribution in [3.05, 3.63) is 257 Å². The average molecular weight is 2010 g/mol. The van der Waals surface area contributed by atoms with E-state index in [9.17, 15) is 71.3 Å². The maximum absolute atomic E-state index is 15.2. The highest BCUT2D eigenvalue weighted by Gasteiger charge is 2.47. The summed E-state index contributed by atoms with van der Waals surface area (Å²) >= 11 is 0. The Labute approximate surface area is 822 Å². The van der Waals surface area contributed by atoms with Crippen LogP contribution in [0.5, 0.6) is 0 Å². The SMILES string of the molecule is CC[C@H](NC(=O)[C@H](CC1CCCCC1)NC(=O)c1ccc(CCNC(=O)C2CCN(S(=O)(=O)c3ccccc3-c3c4ccc(=[N+]5CCc6ccccc65)cc-4oc4cc(N5CCc6ccccc65)ccc34)CC2)cc1)C(=O)NCCNC(=O)CCCCCN1\C(=C/C=C/C=C/C2=[N+](CC)c3ccc4c(S(=O)(=O)[O-])cc(S(=O)(=O)[O-])cc4c3C2(C)C)C(C)(C)c2c1ccc1c(S(=O)(=O)[O-])cc(S(C)(=O)=O)cc21. The molecule has 0 aromatic heterocycles. The lowest BCUT2D eigenvalue weighted by molar-refractivity contribution is -0.433. The Hall–Kier alpha value is -12.4. The summed E-state index contributed by atoms with van der Waals surface area (Å²) < 4.78 is 183. The first-order valence-corrected chi connectivity index (χ1v) is 55.7. The molecular formula is C107H115N10O19S5-. The van der Waals surface area contributed by atoms with Gasteiger partial charge in [0, 0.05) is 173 Å². The third-order valence-corrected chi connectivity index (χ3v) is 34.3. The van der Waals surface area contributed by atoms with Crippen LogP contribution in [-0.2, 0) is 99.5 Å². The highest BCUT2D eigenvalue weighted by atomic mass is 32.2. The van der Waals surface area contributed by atoms with Crippen LogP contribution in [-0.4, -0.2) is 177 Å². The number of carbonyl (C=O) groups is 5. The van der Waals surface area contributed by atoms with E-state index >= 15 is 8.42 Å². The van der Waals surface area contributed by atoms with Gasteiger partial charge in [-0.3, -0.25) is 24.0 Å². The number of sulfone groups is 1. The summed E-state index contributed by atoms with van der Waals surface area (Å²) in [5.74, 6) is -1.55. The number of hydrogen-bond acceptors (Lipinski definition) is 21. The van der Waals surface area contributed by atoms with E-state index in [-0.39, 0.29) is 94.6 Å². The molecule has 0 spiro atoms. The summed E-state index contributed by atoms with van der Waals surface area (Å²) in [6.45, 7) is 14.2. The van der Waals surface area contributed by atoms with Crippen LogP contribution in [0.4, 0.5) is 28.4 Å². The van der Waals surface area contributed by atoms with Crippen LogP contribution in [0.25, 0.3) is 55.0 Å². The van der Waals surface area contributed by atoms with Crippen LogP contribution >= 0.6 is 0 Å². The largest absolute Gasteiger partial charge is 0.744 e. The van der Waals surface area contributed by atoms with E-state index < -0.39 is 111 Å². The molecule has 2 atom stereocenters. The van der Waals surface area contributed by atoms with E-state index in [2.05, 4.69) is 96.7 Å². The van der Waals surface area contributed by atoms with Crippen molar-refractivity contribution in [1.29, 1.82) is 0 Å². The normalized spacial score (nSPS) is 17.5. The third-order valence-electron chi connectivity index (χ3n) is 28.7. The van der Waals surface area contributed by atoms with Gasteiger partial charge in [-0.2, -0.15) is 13.5 Å². The quantitative estimate of drug-likeness (QED) is 0.00838. The molecular weight excluding hydrogens is 1890 g/mol. The fraction of sp³-hybridized carbons (Fsp3) is 0.355. The Bertz CT molecular complexity index is 7670. The highest BCUT2D eigenvalue weighted by Crippen LogP contribution is 2.54. The van der Waals surface area contributed by atoms with Gasteiger partial charge in [0.15, 0.2) is 22.1 Å². The summed E-state index contributed by atoms with van der Waals surface area (Å²) in [6, 6.07) is 51.5. The van der Waals surface area contributed by atoms with E-state index in [0.717, 1.165) is 121 Å². The molecule has 0 radical (unpaired) electrons. The maximum atomic E-state index is 15.2. The fourth-order valence-electron chi connectivity index (χ4n) is 21.6. The minimum absolute atomic E-state index is 0.0415. The molecule has 2 fully saturated rings. The number of anilines is 3. The molecule has 6 heterocycles. The molecule has 29 nitrogen and oxygen atoms in total. The van der Waals surface area contributed by atoms with Crippen molar-refractivity contribution >= 4 is 146 Å². The molecule has 1 saturated carbocycles. The molecule has 0 unspecified atom stereocenters. The zero-order chi connectivity index (χ0) is 100.0. The molecule has 5 N–H and O–H groups in total. The number of unbranched alkanes of at least 4 members (excludes halogenated alkanes) is 2. The number of sulfonamides is 1. The number of nitrogens with zero attached hydrogens (tertiary/aromatic N) is 5. The number of hydrogen-bond donors (Lipinski definition) is 5. The number of amides is 5. The van der Waals surface area contributed by atoms with Gasteiger partial charge in [-0.05, 0) is 196 Å². The molecule has 8 aliphatic rings. The Kier molecular flexibility index (Phi) is 28.8. The third kappa shape index (κ3) is 20.7. The van der Waals surface area contributed by atoms with Crippen molar-refractivity contribution in [3.8, 4) is 22.5 Å². The Balaban J connectivity index is 0.489. The predicted molar refractivity (Wildman–Crippen MR) is 539 cm³/mol. The Morgan fingerprint density at radius 2 is 1.23 bits per heavy atom. The van der Waals surface area contributed by atoms with Gasteiger partial charge in [-0.1, -0.05) is 150 Å². The van der Waals surface area contributed by atoms with Crippen LogP contribution in [0.2, 0.25) is 0 Å². The molecule has 6 aliphatic heterocycles. The number of piperidine rings is 1. The van der Waals surface area contributed by atoms with Crippen LogP contribution < -0.4 is 46.3 Å². The molecule has 0 bridgehead atoms. The summed E-state index contributed by atoms with van der Waals surface area (Å²) in [5, 5.41) is 16.7. The first kappa shape index (κ1) is 100. The zero-order valence-corrected chi connectivity index (χ0v) is 83.8. The van der Waals surface area contributed by atoms with Gasteiger partial charge in [-0.25, -0.2) is 42.1 Å². The second-order valence-electron chi connectivity index (χ2n) is 38.4. The van der Waals surface area contributed by atoms with Crippen molar-refractivity contribution in [2.75, 3.05) is 75.0 Å². The van der Waals surface area contributed by atoms with Crippen molar-refractivity contribution in [2.45, 2.75) is 192 Å². The predicted octanol–water partition coefficient (Wildman–Crippen LogP) is 14.4. The Morgan fingerprint density at radius 1 is 0.553 bits per heavy atom. The first-order chi connectivity index (χ1) is 67.2. The van der Waals surface area contributed by atoms with Gasteiger partial charge in [0.05, 0.1) is 36.0 Å². The average Bonchev–Trinajstić information content (AvgIpc) is 1.45. The van der Waals surface area contributed by atoms with Crippen LogP contribution in [0.15, 0.2) is 247 Å². The number of rotatable bonds is 33. The lowest BCUT2D eigenvalue weighted by Gasteiger charge is -2.31. The van der Waals surface area contributed by atoms with Crippen molar-refractivity contribution in [2.24, 2.45) is 11.8 Å². The molecule has 9 aromatic carbocycles. The number of para-hydroxylation sites is 2. The number of allylic oxidation sites excluding steroid dienone is 6. The minimum Gasteiger partial charge on any atom is -0.744 e. The van der Waals surface area contributed by atoms with Gasteiger partial charge in [0.1, 0.15) is 60.3 Å². The molecule has 141 heavy (non-hydrogen) atoms. The van der Waals surface area contributed by atoms with Gasteiger partial charge in [-0.15, -0.1) is 0 Å². The van der Waals surface area contributed by atoms with Crippen molar-refractivity contribution < 1.29 is 88.7 Å². The second-order valence-corrected chi connectivity index (χ2v) is 46.4. The van der Waals surface area contributed by atoms with Crippen molar-refractivity contribution in [3.63, 3.8) is 0 Å². The summed E-state index contributed by atoms with van der Waals surface area (Å²) in [5.41, 5.74) is 11.4. The molecule has 2 aliphatic carbocycles. The molecule has 9 aromatic rings. The topological polar surface area (TPSA) is 414 Å². The van der Waals surface area contributed by atoms with Gasteiger partial charge < -0.3 is 54.5 Å². The lowest BCUT2D eigenvalue weighted by atomic mass is 9.79. The van der Waals surface area contributed by atoms with E-state index in [1.165, 1.54) is 33.6 Å². The number of fused-ring (bicyclic) bond motifs is 10. The molecule has 5 amide bonds. The molecule has 1 saturated heterocycles. The number of nitrogens with one attached hydrogen (secondary N) is 5. The fourth-order valence-corrected chi connectivity index (χ4v) is 26.0. The van der Waals surface area contributed by atoms with Crippen LogP contribution in [0.3, 0.4) is 0 Å². The summed E-state index contributed by atoms with van der Waals surface area (Å²) in [6.07, 6.45) is 19.9. The number of benzene rings is 10. The second kappa shape index (κ2) is 40.6. The van der Waals surface area contributed by atoms with Crippen LogP contribution in [0, 0.1) is 11.8 Å². The number of carbonyl (C=O) groups excluding carboxylic acids is 5. The van der Waals surface area contributed by atoms with Gasteiger partial charge >= 0.3 is 0 Å². The van der Waals surface area contributed by atoms with Crippen LogP contribution in [0.1, 0.15) is 163 Å². The van der Waals surface area contributed by atoms with E-state index in [1.807, 2.05) is 92.6 Å². The van der Waals surface area contributed by atoms with Crippen molar-refractivity contribution in [1.82, 2.24) is 35.5 Å². The van der Waals surface area contributed by atoms with Gasteiger partial charge in [0.25, 0.3) is 5.91 Å². The summed E-state index contributed by atoms with van der Waals surface area (Å²) in [7, 11) is -23.8. The smallest absolute Gasteiger partial charge is 0.251 e. The first-order valence-electron chi connectivity index (χ1n) is 48.2. The highest BCUT2D eigenvalue weighted by molar-refractivity contribution is 7.91. The monoisotopic (exact) mass is 2000 g/mol. The van der Waals surface area contributed by atoms with Gasteiger partial charge in [0.2, 0.25) is 50.4 Å². The molecule has 17 rings (SSSR count).